The summed E-state index contributed by atoms with van der Waals surface area (Å²) in [6.07, 6.45) is 0.323. The van der Waals surface area contributed by atoms with Crippen LogP contribution in [0.2, 0.25) is 5.02 Å². The highest BCUT2D eigenvalue weighted by Gasteiger charge is 2.38. The van der Waals surface area contributed by atoms with Gasteiger partial charge in [0.25, 0.3) is 0 Å². The Hall–Kier alpha value is -1.89. The molecule has 21 heavy (non-hydrogen) atoms. The first kappa shape index (κ1) is 15.5. The van der Waals surface area contributed by atoms with Crippen LogP contribution in [0, 0.1) is 17.6 Å². The average Bonchev–Trinajstić information content (AvgIpc) is 2.75. The minimum atomic E-state index is -0.991. The topological polar surface area (TPSA) is 69.6 Å². The predicted octanol–water partition coefficient (Wildman–Crippen LogP) is 2.95. The number of nitrogens with one attached hydrogen (secondary N) is 1. The summed E-state index contributed by atoms with van der Waals surface area (Å²) in [5, 5.41) is 11.0. The van der Waals surface area contributed by atoms with E-state index in [0.29, 0.717) is 12.5 Å². The van der Waals surface area contributed by atoms with Crippen molar-refractivity contribution in [1.82, 2.24) is 4.90 Å². The molecule has 1 heterocycles. The molecular weight excluding hydrogens is 306 g/mol. The molecule has 1 aliphatic rings. The van der Waals surface area contributed by atoms with E-state index in [9.17, 15) is 18.4 Å². The van der Waals surface area contributed by atoms with Crippen LogP contribution in [0.3, 0.4) is 0 Å². The van der Waals surface area contributed by atoms with Crippen molar-refractivity contribution in [1.29, 1.82) is 0 Å². The molecule has 0 radical (unpaired) electrons. The molecule has 1 fully saturated rings. The number of urea groups is 1. The molecule has 2 N–H and O–H groups in total. The second kappa shape index (κ2) is 5.85. The van der Waals surface area contributed by atoms with Crippen LogP contribution >= 0.6 is 11.6 Å². The van der Waals surface area contributed by atoms with Crippen molar-refractivity contribution in [2.75, 3.05) is 11.9 Å². The van der Waals surface area contributed by atoms with E-state index in [0.717, 1.165) is 6.07 Å². The molecule has 1 aromatic rings. The van der Waals surface area contributed by atoms with E-state index in [2.05, 4.69) is 5.32 Å². The maximum atomic E-state index is 13.6. The largest absolute Gasteiger partial charge is 0.481 e. The molecule has 2 unspecified atom stereocenters. The fourth-order valence-corrected chi connectivity index (χ4v) is 2.64. The van der Waals surface area contributed by atoms with Gasteiger partial charge in [0.1, 0.15) is 5.82 Å². The lowest BCUT2D eigenvalue weighted by Gasteiger charge is -2.24. The quantitative estimate of drug-likeness (QED) is 0.881. The van der Waals surface area contributed by atoms with Crippen molar-refractivity contribution >= 4 is 29.3 Å². The van der Waals surface area contributed by atoms with Crippen LogP contribution in [0.1, 0.15) is 13.3 Å². The Balaban J connectivity index is 2.15. The van der Waals surface area contributed by atoms with E-state index < -0.39 is 35.6 Å². The minimum absolute atomic E-state index is 0.240. The van der Waals surface area contributed by atoms with Crippen molar-refractivity contribution in [2.45, 2.75) is 19.4 Å². The van der Waals surface area contributed by atoms with E-state index in [-0.39, 0.29) is 17.3 Å². The molecule has 2 amide bonds. The molecule has 0 spiro atoms. The van der Waals surface area contributed by atoms with Gasteiger partial charge >= 0.3 is 12.0 Å². The number of aliphatic carboxylic acids is 1. The number of amides is 2. The molecule has 1 aromatic carbocycles. The van der Waals surface area contributed by atoms with Crippen LogP contribution < -0.4 is 5.32 Å². The third kappa shape index (κ3) is 3.07. The van der Waals surface area contributed by atoms with Crippen molar-refractivity contribution in [3.05, 3.63) is 28.8 Å². The van der Waals surface area contributed by atoms with E-state index >= 15 is 0 Å². The van der Waals surface area contributed by atoms with E-state index in [1.807, 2.05) is 0 Å². The second-order valence-electron chi connectivity index (χ2n) is 4.84. The van der Waals surface area contributed by atoms with Gasteiger partial charge in [-0.2, -0.15) is 0 Å². The number of hydrogen-bond acceptors (Lipinski definition) is 2. The van der Waals surface area contributed by atoms with Gasteiger partial charge in [-0.1, -0.05) is 11.6 Å². The molecule has 114 valence electrons. The maximum Gasteiger partial charge on any atom is 0.322 e. The number of rotatable bonds is 2. The minimum Gasteiger partial charge on any atom is -0.481 e. The summed E-state index contributed by atoms with van der Waals surface area (Å²) < 4.78 is 26.5. The molecule has 0 aromatic heterocycles. The smallest absolute Gasteiger partial charge is 0.322 e. The molecule has 8 heteroatoms. The van der Waals surface area contributed by atoms with Gasteiger partial charge in [0.05, 0.1) is 16.6 Å². The molecule has 2 atom stereocenters. The highest BCUT2D eigenvalue weighted by molar-refractivity contribution is 6.33. The lowest BCUT2D eigenvalue weighted by molar-refractivity contribution is -0.142. The summed E-state index contributed by atoms with van der Waals surface area (Å²) in [6, 6.07) is 0.298. The summed E-state index contributed by atoms with van der Waals surface area (Å²) in [5.74, 6) is -3.49. The number of hydrogen-bond donors (Lipinski definition) is 2. The molecule has 0 saturated carbocycles. The number of likely N-dealkylation sites (tertiary alicyclic amines) is 1. The van der Waals surface area contributed by atoms with Crippen LogP contribution in [-0.2, 0) is 4.79 Å². The van der Waals surface area contributed by atoms with Gasteiger partial charge in [-0.05, 0) is 19.4 Å². The van der Waals surface area contributed by atoms with Gasteiger partial charge in [0.15, 0.2) is 5.82 Å². The average molecular weight is 319 g/mol. The summed E-state index contributed by atoms with van der Waals surface area (Å²) >= 11 is 5.69. The lowest BCUT2D eigenvalue weighted by Crippen LogP contribution is -2.40. The number of halogens is 3. The van der Waals surface area contributed by atoms with Gasteiger partial charge < -0.3 is 15.3 Å². The van der Waals surface area contributed by atoms with Gasteiger partial charge in [0, 0.05) is 18.7 Å². The van der Waals surface area contributed by atoms with Crippen LogP contribution in [0.4, 0.5) is 19.3 Å². The van der Waals surface area contributed by atoms with Crippen LogP contribution in [0.15, 0.2) is 12.1 Å². The first-order valence-electron chi connectivity index (χ1n) is 6.26. The third-order valence-corrected chi connectivity index (χ3v) is 3.87. The SMILES string of the molecule is CC1C(C(=O)O)CCN1C(=O)Nc1c(F)cc(F)cc1Cl. The number of carbonyl (C=O) groups excluding carboxylic acids is 1. The molecule has 2 rings (SSSR count). The zero-order valence-electron chi connectivity index (χ0n) is 11.1. The Morgan fingerprint density at radius 3 is 2.62 bits per heavy atom. The summed E-state index contributed by atoms with van der Waals surface area (Å²) in [5.41, 5.74) is -0.325. The van der Waals surface area contributed by atoms with E-state index in [1.165, 1.54) is 4.90 Å². The Kier molecular flexibility index (Phi) is 4.32. The van der Waals surface area contributed by atoms with Crippen LogP contribution in [0.25, 0.3) is 0 Å². The lowest BCUT2D eigenvalue weighted by atomic mass is 10.0. The predicted molar refractivity (Wildman–Crippen MR) is 72.3 cm³/mol. The molecule has 1 saturated heterocycles. The maximum absolute atomic E-state index is 13.6. The monoisotopic (exact) mass is 318 g/mol. The fourth-order valence-electron chi connectivity index (χ4n) is 2.40. The van der Waals surface area contributed by atoms with E-state index in [4.69, 9.17) is 16.7 Å². The Bertz CT molecular complexity index is 574. The number of carboxylic acids is 1. The van der Waals surface area contributed by atoms with Crippen molar-refractivity contribution in [3.63, 3.8) is 0 Å². The van der Waals surface area contributed by atoms with Crippen LogP contribution in [0.5, 0.6) is 0 Å². The van der Waals surface area contributed by atoms with Gasteiger partial charge in [-0.25, -0.2) is 13.6 Å². The van der Waals surface area contributed by atoms with Gasteiger partial charge in [0.2, 0.25) is 0 Å². The number of nitrogens with zero attached hydrogens (tertiary/aromatic N) is 1. The fraction of sp³-hybridized carbons (Fsp3) is 0.385. The Morgan fingerprint density at radius 2 is 2.10 bits per heavy atom. The van der Waals surface area contributed by atoms with Gasteiger partial charge in [-0.3, -0.25) is 4.79 Å². The highest BCUT2D eigenvalue weighted by atomic mass is 35.5. The molecule has 1 aliphatic heterocycles. The Labute approximate surface area is 124 Å². The van der Waals surface area contributed by atoms with Crippen molar-refractivity contribution < 1.29 is 23.5 Å². The third-order valence-electron chi connectivity index (χ3n) is 3.57. The summed E-state index contributed by atoms with van der Waals surface area (Å²) in [7, 11) is 0. The number of anilines is 1. The number of carbonyl (C=O) groups is 2. The molecule has 0 aliphatic carbocycles. The second-order valence-corrected chi connectivity index (χ2v) is 5.25. The number of benzene rings is 1. The Morgan fingerprint density at radius 1 is 1.43 bits per heavy atom. The molecule has 5 nitrogen and oxygen atoms in total. The normalized spacial score (nSPS) is 21.4. The van der Waals surface area contributed by atoms with E-state index in [1.54, 1.807) is 6.92 Å². The van der Waals surface area contributed by atoms with Crippen molar-refractivity contribution in [3.8, 4) is 0 Å². The standard InChI is InChI=1S/C13H13ClF2N2O3/c1-6-8(12(19)20)2-3-18(6)13(21)17-11-9(14)4-7(15)5-10(11)16/h4-6,8H,2-3H2,1H3,(H,17,21)(H,19,20). The summed E-state index contributed by atoms with van der Waals surface area (Å²) in [6.45, 7) is 1.85. The highest BCUT2D eigenvalue weighted by Crippen LogP contribution is 2.29. The molecule has 0 bridgehead atoms. The first-order valence-corrected chi connectivity index (χ1v) is 6.64. The van der Waals surface area contributed by atoms with Crippen molar-refractivity contribution in [2.24, 2.45) is 5.92 Å². The number of carboxylic acid groups (broad SMARTS) is 1. The zero-order chi connectivity index (χ0) is 15.7. The van der Waals surface area contributed by atoms with Gasteiger partial charge in [-0.15, -0.1) is 0 Å². The van der Waals surface area contributed by atoms with Crippen LogP contribution in [-0.4, -0.2) is 34.6 Å². The summed E-state index contributed by atoms with van der Waals surface area (Å²) in [4.78, 5) is 24.4. The first-order chi connectivity index (χ1) is 9.81. The zero-order valence-corrected chi connectivity index (χ0v) is 11.8. The molecular formula is C13H13ClF2N2O3.